The zero-order valence-corrected chi connectivity index (χ0v) is 15.4. The highest BCUT2D eigenvalue weighted by Gasteiger charge is 2.13. The number of amides is 1. The average Bonchev–Trinajstić information content (AvgIpc) is 2.71. The summed E-state index contributed by atoms with van der Waals surface area (Å²) >= 11 is 0. The van der Waals surface area contributed by atoms with Gasteiger partial charge < -0.3 is 10.2 Å². The zero-order chi connectivity index (χ0) is 18.0. The number of nitrogens with one attached hydrogen (secondary N) is 1. The van der Waals surface area contributed by atoms with Crippen molar-refractivity contribution in [1.29, 1.82) is 0 Å². The third-order valence-corrected chi connectivity index (χ3v) is 4.83. The molecule has 0 aliphatic carbocycles. The van der Waals surface area contributed by atoms with Crippen LogP contribution in [0, 0.1) is 0 Å². The van der Waals surface area contributed by atoms with Crippen molar-refractivity contribution in [3.63, 3.8) is 0 Å². The van der Waals surface area contributed by atoms with Gasteiger partial charge in [0.1, 0.15) is 0 Å². The number of carbonyl (C=O) groups is 1. The molecule has 26 heavy (non-hydrogen) atoms. The van der Waals surface area contributed by atoms with Gasteiger partial charge in [0.2, 0.25) is 0 Å². The van der Waals surface area contributed by atoms with Crippen LogP contribution in [0.2, 0.25) is 0 Å². The number of carbonyl (C=O) groups excluding carboxylic acids is 1. The minimum atomic E-state index is -0.00121. The minimum absolute atomic E-state index is 0.00121. The normalized spacial score (nSPS) is 15.6. The van der Waals surface area contributed by atoms with Crippen LogP contribution in [0.3, 0.4) is 0 Å². The first-order chi connectivity index (χ1) is 12.8. The molecule has 0 aromatic heterocycles. The molecule has 0 unspecified atom stereocenters. The van der Waals surface area contributed by atoms with E-state index in [1.807, 2.05) is 66.7 Å². The average molecular weight is 348 g/mol. The molecule has 0 radical (unpaired) electrons. The lowest BCUT2D eigenvalue weighted by Gasteiger charge is -2.26. The molecular weight excluding hydrogens is 320 g/mol. The van der Waals surface area contributed by atoms with Gasteiger partial charge in [0.15, 0.2) is 0 Å². The lowest BCUT2D eigenvalue weighted by molar-refractivity contribution is -0.115. The van der Waals surface area contributed by atoms with Crippen LogP contribution < -0.4 is 5.32 Å². The van der Waals surface area contributed by atoms with Crippen LogP contribution in [0.4, 0.5) is 0 Å². The molecule has 3 rings (SSSR count). The molecule has 136 valence electrons. The number of benzene rings is 2. The molecule has 1 aliphatic rings. The number of piperidine rings is 1. The first-order valence-corrected chi connectivity index (χ1v) is 9.66. The van der Waals surface area contributed by atoms with Gasteiger partial charge >= 0.3 is 0 Å². The summed E-state index contributed by atoms with van der Waals surface area (Å²) in [6.07, 6.45) is 6.95. The van der Waals surface area contributed by atoms with Crippen molar-refractivity contribution >= 4 is 17.6 Å². The van der Waals surface area contributed by atoms with Crippen LogP contribution in [0.15, 0.2) is 60.7 Å². The van der Waals surface area contributed by atoms with Gasteiger partial charge in [-0.1, -0.05) is 67.1 Å². The monoisotopic (exact) mass is 348 g/mol. The molecule has 0 spiro atoms. The molecule has 1 aliphatic heterocycles. The molecule has 0 bridgehead atoms. The lowest BCUT2D eigenvalue weighted by Crippen LogP contribution is -2.33. The maximum Gasteiger partial charge on any atom is 0.251 e. The van der Waals surface area contributed by atoms with E-state index in [-0.39, 0.29) is 5.91 Å². The lowest BCUT2D eigenvalue weighted by atomic mass is 10.0. The van der Waals surface area contributed by atoms with Gasteiger partial charge in [0, 0.05) is 12.1 Å². The molecule has 2 aromatic carbocycles. The molecule has 1 amide bonds. The van der Waals surface area contributed by atoms with Gasteiger partial charge in [0.05, 0.1) is 0 Å². The van der Waals surface area contributed by atoms with Crippen LogP contribution >= 0.6 is 0 Å². The molecule has 1 heterocycles. The highest BCUT2D eigenvalue weighted by Crippen LogP contribution is 2.18. The molecule has 0 saturated carbocycles. The summed E-state index contributed by atoms with van der Waals surface area (Å²) in [5.74, 6) is -0.00121. The predicted octanol–water partition coefficient (Wildman–Crippen LogP) is 4.22. The largest absolute Gasteiger partial charge is 0.352 e. The fraction of sp³-hybridized carbons (Fsp3) is 0.348. The summed E-state index contributed by atoms with van der Waals surface area (Å²) in [6.45, 7) is 4.20. The molecule has 3 heteroatoms. The topological polar surface area (TPSA) is 32.3 Å². The second-order valence-corrected chi connectivity index (χ2v) is 6.85. The number of likely N-dealkylation sites (tertiary alicyclic amines) is 1. The summed E-state index contributed by atoms with van der Waals surface area (Å²) < 4.78 is 0. The third kappa shape index (κ3) is 5.57. The van der Waals surface area contributed by atoms with Crippen molar-refractivity contribution in [2.45, 2.75) is 25.7 Å². The Morgan fingerprint density at radius 3 is 2.27 bits per heavy atom. The number of hydrogen-bond acceptors (Lipinski definition) is 2. The second-order valence-electron chi connectivity index (χ2n) is 6.85. The Bertz CT molecular complexity index is 704. The molecule has 2 aromatic rings. The van der Waals surface area contributed by atoms with Gasteiger partial charge in [-0.25, -0.2) is 0 Å². The van der Waals surface area contributed by atoms with Crippen LogP contribution in [-0.4, -0.2) is 37.0 Å². The van der Waals surface area contributed by atoms with E-state index in [1.165, 1.54) is 32.4 Å². The van der Waals surface area contributed by atoms with E-state index in [4.69, 9.17) is 0 Å². The van der Waals surface area contributed by atoms with Gasteiger partial charge in [-0.05, 0) is 56.1 Å². The second kappa shape index (κ2) is 9.93. The smallest absolute Gasteiger partial charge is 0.251 e. The van der Waals surface area contributed by atoms with Gasteiger partial charge in [-0.2, -0.15) is 0 Å². The van der Waals surface area contributed by atoms with Crippen LogP contribution in [-0.2, 0) is 4.79 Å². The SMILES string of the molecule is O=C(NCCCN1CCCCC1)/C(=C/c1ccccc1)c1ccccc1. The minimum Gasteiger partial charge on any atom is -0.352 e. The number of hydrogen-bond donors (Lipinski definition) is 1. The standard InChI is InChI=1S/C23H28N2O/c26-23(24-15-10-18-25-16-8-3-9-17-25)22(21-13-6-2-7-14-21)19-20-11-4-1-5-12-20/h1-2,4-7,11-14,19H,3,8-10,15-18H2,(H,24,26)/b22-19+. The molecule has 0 atom stereocenters. The van der Waals surface area contributed by atoms with Gasteiger partial charge in [0.25, 0.3) is 5.91 Å². The molecule has 1 fully saturated rings. The Morgan fingerprint density at radius 2 is 1.58 bits per heavy atom. The van der Waals surface area contributed by atoms with Crippen molar-refractivity contribution in [2.75, 3.05) is 26.2 Å². The molecule has 1 saturated heterocycles. The summed E-state index contributed by atoms with van der Waals surface area (Å²) in [4.78, 5) is 15.3. The number of rotatable bonds is 7. The van der Waals surface area contributed by atoms with E-state index in [0.29, 0.717) is 6.54 Å². The van der Waals surface area contributed by atoms with Crippen molar-refractivity contribution < 1.29 is 4.79 Å². The van der Waals surface area contributed by atoms with Crippen molar-refractivity contribution in [3.8, 4) is 0 Å². The van der Waals surface area contributed by atoms with Gasteiger partial charge in [-0.15, -0.1) is 0 Å². The summed E-state index contributed by atoms with van der Waals surface area (Å²) in [5.41, 5.74) is 2.70. The van der Waals surface area contributed by atoms with Crippen molar-refractivity contribution in [3.05, 3.63) is 71.8 Å². The Hall–Kier alpha value is -2.39. The Morgan fingerprint density at radius 1 is 0.923 bits per heavy atom. The van der Waals surface area contributed by atoms with Crippen LogP contribution in [0.1, 0.15) is 36.8 Å². The van der Waals surface area contributed by atoms with E-state index in [2.05, 4.69) is 10.2 Å². The summed E-state index contributed by atoms with van der Waals surface area (Å²) in [5, 5.41) is 3.11. The van der Waals surface area contributed by atoms with E-state index >= 15 is 0 Å². The van der Waals surface area contributed by atoms with Gasteiger partial charge in [-0.3, -0.25) is 4.79 Å². The van der Waals surface area contributed by atoms with Crippen molar-refractivity contribution in [2.24, 2.45) is 0 Å². The third-order valence-electron chi connectivity index (χ3n) is 4.83. The fourth-order valence-corrected chi connectivity index (χ4v) is 3.40. The highest BCUT2D eigenvalue weighted by molar-refractivity contribution is 6.24. The van der Waals surface area contributed by atoms with Crippen LogP contribution in [0.5, 0.6) is 0 Å². The summed E-state index contributed by atoms with van der Waals surface area (Å²) in [6, 6.07) is 19.9. The molecule has 1 N–H and O–H groups in total. The quantitative estimate of drug-likeness (QED) is 0.462. The maximum atomic E-state index is 12.8. The molecule has 3 nitrogen and oxygen atoms in total. The Balaban J connectivity index is 1.61. The Kier molecular flexibility index (Phi) is 7.03. The highest BCUT2D eigenvalue weighted by atomic mass is 16.1. The van der Waals surface area contributed by atoms with Crippen LogP contribution in [0.25, 0.3) is 11.6 Å². The Labute approximate surface area is 156 Å². The van der Waals surface area contributed by atoms with E-state index in [9.17, 15) is 4.79 Å². The first kappa shape index (κ1) is 18.4. The maximum absolute atomic E-state index is 12.8. The van der Waals surface area contributed by atoms with Crippen molar-refractivity contribution in [1.82, 2.24) is 10.2 Å². The molecular formula is C23H28N2O. The fourth-order valence-electron chi connectivity index (χ4n) is 3.40. The van der Waals surface area contributed by atoms with E-state index < -0.39 is 0 Å². The zero-order valence-electron chi connectivity index (χ0n) is 15.4. The predicted molar refractivity (Wildman–Crippen MR) is 109 cm³/mol. The first-order valence-electron chi connectivity index (χ1n) is 9.66. The number of nitrogens with zero attached hydrogens (tertiary/aromatic N) is 1. The summed E-state index contributed by atoms with van der Waals surface area (Å²) in [7, 11) is 0. The van der Waals surface area contributed by atoms with E-state index in [1.54, 1.807) is 0 Å². The van der Waals surface area contributed by atoms with E-state index in [0.717, 1.165) is 29.7 Å².